The number of aromatic nitrogens is 4. The van der Waals surface area contributed by atoms with Gasteiger partial charge in [-0.3, -0.25) is 4.79 Å². The number of nitrogens with zero attached hydrogens (tertiary/aromatic N) is 4. The molecule has 3 aromatic rings. The lowest BCUT2D eigenvalue weighted by atomic mass is 10.3. The van der Waals surface area contributed by atoms with Gasteiger partial charge in [-0.2, -0.15) is 5.10 Å². The maximum Gasteiger partial charge on any atom is 0.325 e. The van der Waals surface area contributed by atoms with Crippen LogP contribution in [0.1, 0.15) is 0 Å². The Morgan fingerprint density at radius 1 is 1.28 bits per heavy atom. The van der Waals surface area contributed by atoms with Gasteiger partial charge in [-0.1, -0.05) is 0 Å². The summed E-state index contributed by atoms with van der Waals surface area (Å²) in [6, 6.07) is 7.46. The topological polar surface area (TPSA) is 72.9 Å². The van der Waals surface area contributed by atoms with Gasteiger partial charge in [0.25, 0.3) is 0 Å². The summed E-state index contributed by atoms with van der Waals surface area (Å²) >= 11 is 0. The Balaban J connectivity index is 2.24. The molecule has 0 aliphatic heterocycles. The van der Waals surface area contributed by atoms with Crippen molar-refractivity contribution >= 4 is 17.0 Å². The number of hydrogen-bond acceptors (Lipinski definition) is 3. The summed E-state index contributed by atoms with van der Waals surface area (Å²) in [6.45, 7) is -0.200. The Kier molecular flexibility index (Phi) is 2.33. The van der Waals surface area contributed by atoms with Crippen LogP contribution in [-0.4, -0.2) is 30.4 Å². The largest absolute Gasteiger partial charge is 0.480 e. The smallest absolute Gasteiger partial charge is 0.325 e. The number of carboxylic acid groups (broad SMARTS) is 1. The zero-order chi connectivity index (χ0) is 12.5. The molecule has 0 amide bonds. The third-order valence-corrected chi connectivity index (χ3v) is 2.62. The number of carbonyl (C=O) groups is 1. The van der Waals surface area contributed by atoms with Crippen LogP contribution in [0.15, 0.2) is 42.9 Å². The van der Waals surface area contributed by atoms with Crippen molar-refractivity contribution in [3.8, 4) is 5.82 Å². The van der Waals surface area contributed by atoms with Gasteiger partial charge in [-0.15, -0.1) is 0 Å². The van der Waals surface area contributed by atoms with E-state index < -0.39 is 5.97 Å². The van der Waals surface area contributed by atoms with E-state index in [1.54, 1.807) is 6.20 Å². The number of hydrogen-bond donors (Lipinski definition) is 1. The molecular weight excluding hydrogens is 232 g/mol. The van der Waals surface area contributed by atoms with E-state index in [4.69, 9.17) is 5.11 Å². The normalized spacial score (nSPS) is 10.9. The first-order valence-corrected chi connectivity index (χ1v) is 5.42. The summed E-state index contributed by atoms with van der Waals surface area (Å²) in [4.78, 5) is 15.0. The highest BCUT2D eigenvalue weighted by Crippen LogP contribution is 2.19. The summed E-state index contributed by atoms with van der Waals surface area (Å²) in [5.41, 5.74) is 0.573. The van der Waals surface area contributed by atoms with E-state index in [1.807, 2.05) is 41.2 Å². The van der Waals surface area contributed by atoms with Crippen LogP contribution >= 0.6 is 0 Å². The quantitative estimate of drug-likeness (QED) is 0.751. The average Bonchev–Trinajstić information content (AvgIpc) is 2.96. The molecule has 0 fully saturated rings. The van der Waals surface area contributed by atoms with Crippen LogP contribution in [0.3, 0.4) is 0 Å². The van der Waals surface area contributed by atoms with Crippen molar-refractivity contribution in [2.75, 3.05) is 0 Å². The van der Waals surface area contributed by atoms with Crippen molar-refractivity contribution in [3.63, 3.8) is 0 Å². The molecule has 0 saturated carbocycles. The highest BCUT2D eigenvalue weighted by atomic mass is 16.4. The van der Waals surface area contributed by atoms with Gasteiger partial charge in [-0.25, -0.2) is 9.67 Å². The van der Waals surface area contributed by atoms with E-state index in [-0.39, 0.29) is 6.54 Å². The molecule has 90 valence electrons. The molecule has 0 aliphatic carbocycles. The maximum atomic E-state index is 10.8. The summed E-state index contributed by atoms with van der Waals surface area (Å²) < 4.78 is 3.23. The van der Waals surface area contributed by atoms with E-state index in [0.29, 0.717) is 11.5 Å². The lowest BCUT2D eigenvalue weighted by Gasteiger charge is -1.97. The van der Waals surface area contributed by atoms with Gasteiger partial charge in [0.15, 0.2) is 11.5 Å². The first kappa shape index (κ1) is 10.5. The van der Waals surface area contributed by atoms with Gasteiger partial charge in [-0.05, 0) is 24.3 Å². The van der Waals surface area contributed by atoms with Crippen molar-refractivity contribution in [3.05, 3.63) is 42.9 Å². The third kappa shape index (κ3) is 1.64. The zero-order valence-electron chi connectivity index (χ0n) is 9.39. The van der Waals surface area contributed by atoms with Crippen LogP contribution in [0.25, 0.3) is 16.9 Å². The number of pyridine rings is 1. The fraction of sp³-hybridized carbons (Fsp3) is 0.0833. The molecule has 0 aliphatic rings. The van der Waals surface area contributed by atoms with Crippen molar-refractivity contribution in [2.45, 2.75) is 6.54 Å². The maximum absolute atomic E-state index is 10.8. The van der Waals surface area contributed by atoms with Crippen molar-refractivity contribution in [1.29, 1.82) is 0 Å². The molecule has 0 radical (unpaired) electrons. The summed E-state index contributed by atoms with van der Waals surface area (Å²) in [7, 11) is 0. The van der Waals surface area contributed by atoms with Gasteiger partial charge < -0.3 is 9.67 Å². The van der Waals surface area contributed by atoms with E-state index >= 15 is 0 Å². The lowest BCUT2D eigenvalue weighted by Crippen LogP contribution is -2.10. The predicted octanol–water partition coefficient (Wildman–Crippen LogP) is 1.31. The summed E-state index contributed by atoms with van der Waals surface area (Å²) in [5, 5.41) is 14.0. The van der Waals surface area contributed by atoms with Gasteiger partial charge in [0.2, 0.25) is 0 Å². The number of aliphatic carboxylic acids is 1. The minimum absolute atomic E-state index is 0.200. The Labute approximate surface area is 102 Å². The lowest BCUT2D eigenvalue weighted by molar-refractivity contribution is -0.137. The SMILES string of the molecule is O=C(O)Cn1nc(-n2cccc2)c2cccnc21. The highest BCUT2D eigenvalue weighted by Gasteiger charge is 2.13. The molecule has 3 aromatic heterocycles. The standard InChI is InChI=1S/C12H10N4O2/c17-10(18)8-16-11-9(4-3-5-13-11)12(14-16)15-6-1-2-7-15/h1-7H,8H2,(H,17,18). The van der Waals surface area contributed by atoms with Crippen LogP contribution in [-0.2, 0) is 11.3 Å². The molecule has 3 heterocycles. The molecule has 0 spiro atoms. The molecule has 1 N–H and O–H groups in total. The molecule has 0 atom stereocenters. The van der Waals surface area contributed by atoms with Crippen molar-refractivity contribution in [1.82, 2.24) is 19.3 Å². The monoisotopic (exact) mass is 242 g/mol. The van der Waals surface area contributed by atoms with E-state index in [0.717, 1.165) is 5.39 Å². The molecule has 6 nitrogen and oxygen atoms in total. The van der Waals surface area contributed by atoms with Crippen LogP contribution in [0.5, 0.6) is 0 Å². The fourth-order valence-corrected chi connectivity index (χ4v) is 1.90. The van der Waals surface area contributed by atoms with Crippen LogP contribution in [0, 0.1) is 0 Å². The van der Waals surface area contributed by atoms with Gasteiger partial charge in [0, 0.05) is 18.6 Å². The summed E-state index contributed by atoms with van der Waals surface area (Å²) in [6.07, 6.45) is 5.35. The molecule has 6 heteroatoms. The van der Waals surface area contributed by atoms with Gasteiger partial charge in [0.1, 0.15) is 6.54 Å². The molecule has 0 saturated heterocycles. The average molecular weight is 242 g/mol. The minimum atomic E-state index is -0.941. The van der Waals surface area contributed by atoms with Gasteiger partial charge >= 0.3 is 5.97 Å². The fourth-order valence-electron chi connectivity index (χ4n) is 1.90. The third-order valence-electron chi connectivity index (χ3n) is 2.62. The second kappa shape index (κ2) is 3.99. The zero-order valence-corrected chi connectivity index (χ0v) is 9.39. The second-order valence-corrected chi connectivity index (χ2v) is 3.84. The number of rotatable bonds is 3. The predicted molar refractivity (Wildman–Crippen MR) is 64.5 cm³/mol. The van der Waals surface area contributed by atoms with Gasteiger partial charge in [0.05, 0.1) is 5.39 Å². The Morgan fingerprint density at radius 3 is 2.78 bits per heavy atom. The Hall–Kier alpha value is -2.63. The summed E-state index contributed by atoms with van der Waals surface area (Å²) in [5.74, 6) is -0.256. The number of fused-ring (bicyclic) bond motifs is 1. The molecule has 0 unspecified atom stereocenters. The molecular formula is C12H10N4O2. The Morgan fingerprint density at radius 2 is 2.06 bits per heavy atom. The van der Waals surface area contributed by atoms with Crippen LogP contribution in [0.2, 0.25) is 0 Å². The van der Waals surface area contributed by atoms with Crippen molar-refractivity contribution < 1.29 is 9.90 Å². The molecule has 3 rings (SSSR count). The number of carboxylic acids is 1. The van der Waals surface area contributed by atoms with E-state index in [1.165, 1.54) is 4.68 Å². The molecule has 0 aromatic carbocycles. The first-order chi connectivity index (χ1) is 8.75. The van der Waals surface area contributed by atoms with E-state index in [9.17, 15) is 4.79 Å². The molecule has 0 bridgehead atoms. The van der Waals surface area contributed by atoms with Crippen LogP contribution < -0.4 is 0 Å². The van der Waals surface area contributed by atoms with Crippen LogP contribution in [0.4, 0.5) is 0 Å². The Bertz CT molecular complexity index is 700. The molecule has 18 heavy (non-hydrogen) atoms. The van der Waals surface area contributed by atoms with E-state index in [2.05, 4.69) is 10.1 Å². The van der Waals surface area contributed by atoms with Crippen molar-refractivity contribution in [2.24, 2.45) is 0 Å². The highest BCUT2D eigenvalue weighted by molar-refractivity contribution is 5.84. The first-order valence-electron chi connectivity index (χ1n) is 5.42. The second-order valence-electron chi connectivity index (χ2n) is 3.84. The minimum Gasteiger partial charge on any atom is -0.480 e.